The Morgan fingerprint density at radius 3 is 2.80 bits per heavy atom. The zero-order valence-corrected chi connectivity index (χ0v) is 17.9. The standard InChI is InChI=1S/C21H18ClFN4O2S/c1-3-6-17(28)27-16-10-9-12(23)11-14(16)18-19(24-21(30-2)26-25-18)29-20(27)13-7-4-5-8-15(13)22/h4-5,7-11,20H,3,6H2,1-2H3/t20-/m1/s1. The van der Waals surface area contributed by atoms with E-state index in [0.29, 0.717) is 33.4 Å². The van der Waals surface area contributed by atoms with Crippen LogP contribution in [0.3, 0.4) is 0 Å². The summed E-state index contributed by atoms with van der Waals surface area (Å²) in [5.41, 5.74) is 1.71. The molecule has 0 radical (unpaired) electrons. The Balaban J connectivity index is 2.00. The van der Waals surface area contributed by atoms with Crippen LogP contribution in [-0.4, -0.2) is 27.3 Å². The molecule has 0 saturated carbocycles. The highest BCUT2D eigenvalue weighted by Gasteiger charge is 2.36. The lowest BCUT2D eigenvalue weighted by molar-refractivity contribution is -0.120. The van der Waals surface area contributed by atoms with Gasteiger partial charge in [0.15, 0.2) is 5.69 Å². The summed E-state index contributed by atoms with van der Waals surface area (Å²) in [5.74, 6) is -0.478. The van der Waals surface area contributed by atoms with Crippen LogP contribution in [-0.2, 0) is 4.79 Å². The topological polar surface area (TPSA) is 68.2 Å². The summed E-state index contributed by atoms with van der Waals surface area (Å²) < 4.78 is 20.4. The van der Waals surface area contributed by atoms with E-state index in [1.807, 2.05) is 19.2 Å². The number of nitrogens with zero attached hydrogens (tertiary/aromatic N) is 4. The normalized spacial score (nSPS) is 15.1. The first-order valence-corrected chi connectivity index (χ1v) is 11.0. The number of ether oxygens (including phenoxy) is 1. The first kappa shape index (κ1) is 20.6. The van der Waals surface area contributed by atoms with E-state index in [9.17, 15) is 9.18 Å². The molecule has 2 heterocycles. The van der Waals surface area contributed by atoms with Gasteiger partial charge < -0.3 is 4.74 Å². The molecule has 3 aromatic rings. The molecule has 30 heavy (non-hydrogen) atoms. The van der Waals surface area contributed by atoms with Gasteiger partial charge in [0.1, 0.15) is 5.82 Å². The summed E-state index contributed by atoms with van der Waals surface area (Å²) in [5, 5.41) is 9.14. The smallest absolute Gasteiger partial charge is 0.247 e. The number of thioether (sulfide) groups is 1. The second kappa shape index (κ2) is 8.57. The number of carbonyl (C=O) groups is 1. The SMILES string of the molecule is CCCC(=O)N1c2ccc(F)cc2-c2nnc(SC)nc2O[C@@H]1c1ccccc1Cl. The minimum Gasteiger partial charge on any atom is -0.447 e. The third-order valence-electron chi connectivity index (χ3n) is 4.65. The molecule has 0 spiro atoms. The van der Waals surface area contributed by atoms with Crippen molar-refractivity contribution in [1.29, 1.82) is 0 Å². The molecule has 6 nitrogen and oxygen atoms in total. The molecule has 4 rings (SSSR count). The zero-order valence-electron chi connectivity index (χ0n) is 16.3. The lowest BCUT2D eigenvalue weighted by atomic mass is 10.1. The maximum absolute atomic E-state index is 14.2. The van der Waals surface area contributed by atoms with Crippen molar-refractivity contribution in [1.82, 2.24) is 15.2 Å². The molecule has 1 aliphatic heterocycles. The molecule has 1 aromatic heterocycles. The van der Waals surface area contributed by atoms with Crippen LogP contribution in [0.5, 0.6) is 5.88 Å². The van der Waals surface area contributed by atoms with Crippen LogP contribution >= 0.6 is 23.4 Å². The van der Waals surface area contributed by atoms with E-state index in [2.05, 4.69) is 15.2 Å². The van der Waals surface area contributed by atoms with Crippen molar-refractivity contribution in [3.05, 3.63) is 58.9 Å². The fraction of sp³-hybridized carbons (Fsp3) is 0.238. The van der Waals surface area contributed by atoms with Gasteiger partial charge in [-0.15, -0.1) is 10.2 Å². The number of hydrogen-bond donors (Lipinski definition) is 0. The Morgan fingerprint density at radius 1 is 1.27 bits per heavy atom. The predicted octanol–water partition coefficient (Wildman–Crippen LogP) is 5.28. The zero-order chi connectivity index (χ0) is 21.3. The number of amides is 1. The van der Waals surface area contributed by atoms with E-state index in [4.69, 9.17) is 16.3 Å². The molecule has 0 N–H and O–H groups in total. The summed E-state index contributed by atoms with van der Waals surface area (Å²) in [4.78, 5) is 19.1. The van der Waals surface area contributed by atoms with Gasteiger partial charge in [0, 0.05) is 22.6 Å². The largest absolute Gasteiger partial charge is 0.447 e. The molecule has 0 bridgehead atoms. The number of aromatic nitrogens is 3. The molecule has 1 aliphatic rings. The van der Waals surface area contributed by atoms with Gasteiger partial charge in [0.2, 0.25) is 23.2 Å². The van der Waals surface area contributed by atoms with Crippen molar-refractivity contribution in [2.24, 2.45) is 0 Å². The summed E-state index contributed by atoms with van der Waals surface area (Å²) in [6.07, 6.45) is 1.85. The summed E-state index contributed by atoms with van der Waals surface area (Å²) >= 11 is 7.77. The Hall–Kier alpha value is -2.71. The molecule has 154 valence electrons. The molecule has 1 amide bonds. The molecule has 0 unspecified atom stereocenters. The highest BCUT2D eigenvalue weighted by Crippen LogP contribution is 2.44. The average molecular weight is 445 g/mol. The lowest BCUT2D eigenvalue weighted by Gasteiger charge is -2.31. The number of halogens is 2. The number of carbonyl (C=O) groups excluding carboxylic acids is 1. The van der Waals surface area contributed by atoms with E-state index in [-0.39, 0.29) is 23.9 Å². The minimum atomic E-state index is -0.894. The Bertz CT molecular complexity index is 1110. The van der Waals surface area contributed by atoms with Gasteiger partial charge in [-0.25, -0.2) is 4.39 Å². The second-order valence-corrected chi connectivity index (χ2v) is 7.80. The molecule has 9 heteroatoms. The molecular weight excluding hydrogens is 427 g/mol. The van der Waals surface area contributed by atoms with Crippen LogP contribution in [0.2, 0.25) is 5.02 Å². The third kappa shape index (κ3) is 3.73. The Kier molecular flexibility index (Phi) is 5.87. The first-order chi connectivity index (χ1) is 14.5. The number of rotatable bonds is 4. The minimum absolute atomic E-state index is 0.165. The third-order valence-corrected chi connectivity index (χ3v) is 5.54. The van der Waals surface area contributed by atoms with Crippen molar-refractivity contribution in [2.45, 2.75) is 31.1 Å². The number of hydrogen-bond acceptors (Lipinski definition) is 6. The highest BCUT2D eigenvalue weighted by atomic mass is 35.5. The van der Waals surface area contributed by atoms with Crippen molar-refractivity contribution < 1.29 is 13.9 Å². The van der Waals surface area contributed by atoms with Gasteiger partial charge >= 0.3 is 0 Å². The predicted molar refractivity (Wildman–Crippen MR) is 114 cm³/mol. The number of fused-ring (bicyclic) bond motifs is 3. The maximum atomic E-state index is 14.2. The fourth-order valence-electron chi connectivity index (χ4n) is 3.31. The van der Waals surface area contributed by atoms with E-state index in [0.717, 1.165) is 0 Å². The first-order valence-electron chi connectivity index (χ1n) is 9.35. The van der Waals surface area contributed by atoms with Crippen molar-refractivity contribution >= 4 is 35.0 Å². The van der Waals surface area contributed by atoms with Gasteiger partial charge in [0.25, 0.3) is 0 Å². The molecule has 1 atom stereocenters. The van der Waals surface area contributed by atoms with Crippen molar-refractivity contribution in [3.63, 3.8) is 0 Å². The maximum Gasteiger partial charge on any atom is 0.247 e. The summed E-state index contributed by atoms with van der Waals surface area (Å²) in [7, 11) is 0. The summed E-state index contributed by atoms with van der Waals surface area (Å²) in [6, 6.07) is 11.3. The van der Waals surface area contributed by atoms with Gasteiger partial charge in [-0.1, -0.05) is 48.5 Å². The Morgan fingerprint density at radius 2 is 2.07 bits per heavy atom. The van der Waals surface area contributed by atoms with Crippen LogP contribution in [0.15, 0.2) is 47.6 Å². The van der Waals surface area contributed by atoms with Crippen LogP contribution in [0.25, 0.3) is 11.3 Å². The van der Waals surface area contributed by atoms with Gasteiger partial charge in [0.05, 0.1) is 5.69 Å². The summed E-state index contributed by atoms with van der Waals surface area (Å²) in [6.45, 7) is 1.92. The number of benzene rings is 2. The molecule has 0 aliphatic carbocycles. The molecule has 0 saturated heterocycles. The van der Waals surface area contributed by atoms with Crippen molar-refractivity contribution in [2.75, 3.05) is 11.2 Å². The molecule has 2 aromatic carbocycles. The van der Waals surface area contributed by atoms with Gasteiger partial charge in [-0.3, -0.25) is 9.69 Å². The highest BCUT2D eigenvalue weighted by molar-refractivity contribution is 7.98. The van der Waals surface area contributed by atoms with Crippen molar-refractivity contribution in [3.8, 4) is 17.1 Å². The van der Waals surface area contributed by atoms with E-state index < -0.39 is 12.0 Å². The monoisotopic (exact) mass is 444 g/mol. The molecule has 0 fully saturated rings. The van der Waals surface area contributed by atoms with Gasteiger partial charge in [-0.2, -0.15) is 4.98 Å². The van der Waals surface area contributed by atoms with E-state index >= 15 is 0 Å². The van der Waals surface area contributed by atoms with Crippen LogP contribution < -0.4 is 9.64 Å². The van der Waals surface area contributed by atoms with E-state index in [1.165, 1.54) is 28.8 Å². The second-order valence-electron chi connectivity index (χ2n) is 6.62. The quantitative estimate of drug-likeness (QED) is 0.510. The lowest BCUT2D eigenvalue weighted by Crippen LogP contribution is -2.37. The average Bonchev–Trinajstić information content (AvgIpc) is 2.88. The van der Waals surface area contributed by atoms with Crippen LogP contribution in [0, 0.1) is 5.82 Å². The fourth-order valence-corrected chi connectivity index (χ4v) is 3.83. The number of anilines is 1. The Labute approximate surface area is 182 Å². The van der Waals surface area contributed by atoms with Gasteiger partial charge in [-0.05, 0) is 36.9 Å². The van der Waals surface area contributed by atoms with Crippen LogP contribution in [0.4, 0.5) is 10.1 Å². The molecular formula is C21H18ClFN4O2S. The van der Waals surface area contributed by atoms with Crippen LogP contribution in [0.1, 0.15) is 31.6 Å². The van der Waals surface area contributed by atoms with E-state index in [1.54, 1.807) is 24.3 Å².